The molecule has 0 bridgehead atoms. The average molecular weight is 303 g/mol. The highest BCUT2D eigenvalue weighted by Gasteiger charge is 2.65. The summed E-state index contributed by atoms with van der Waals surface area (Å²) >= 11 is 0. The van der Waals surface area contributed by atoms with Crippen LogP contribution in [0.2, 0.25) is 0 Å². The SMILES string of the molecule is CC(=O)[C@H]1[C@@H](c2cccnc2)NC(=O)N[C@]1(O)C(F)(F)F. The van der Waals surface area contributed by atoms with E-state index in [1.165, 1.54) is 29.8 Å². The Hall–Kier alpha value is -2.16. The van der Waals surface area contributed by atoms with Gasteiger partial charge in [0.1, 0.15) is 5.78 Å². The van der Waals surface area contributed by atoms with Gasteiger partial charge in [-0.15, -0.1) is 0 Å². The number of aromatic nitrogens is 1. The summed E-state index contributed by atoms with van der Waals surface area (Å²) in [6.07, 6.45) is -2.59. The number of hydrogen-bond acceptors (Lipinski definition) is 4. The highest BCUT2D eigenvalue weighted by molar-refractivity contribution is 5.86. The molecule has 6 nitrogen and oxygen atoms in total. The minimum absolute atomic E-state index is 0.190. The number of Topliss-reactive ketones (excluding diaryl/α,β-unsaturated/α-hetero) is 1. The van der Waals surface area contributed by atoms with Gasteiger partial charge < -0.3 is 15.7 Å². The van der Waals surface area contributed by atoms with E-state index in [2.05, 4.69) is 10.3 Å². The molecule has 1 saturated heterocycles. The predicted molar refractivity (Wildman–Crippen MR) is 63.8 cm³/mol. The molecule has 1 fully saturated rings. The summed E-state index contributed by atoms with van der Waals surface area (Å²) in [5, 5.41) is 13.5. The quantitative estimate of drug-likeness (QED) is 0.757. The number of rotatable bonds is 2. The van der Waals surface area contributed by atoms with Crippen LogP contribution in [0.15, 0.2) is 24.5 Å². The second-order valence-electron chi connectivity index (χ2n) is 4.71. The van der Waals surface area contributed by atoms with Crippen LogP contribution in [0, 0.1) is 5.92 Å². The van der Waals surface area contributed by atoms with Crippen molar-refractivity contribution in [3.05, 3.63) is 30.1 Å². The first-order valence-electron chi connectivity index (χ1n) is 5.95. The molecule has 2 amide bonds. The molecule has 3 atom stereocenters. The van der Waals surface area contributed by atoms with Crippen LogP contribution >= 0.6 is 0 Å². The maximum Gasteiger partial charge on any atom is 0.437 e. The average Bonchev–Trinajstić information content (AvgIpc) is 2.37. The number of hydrogen-bond donors (Lipinski definition) is 3. The van der Waals surface area contributed by atoms with Crippen LogP contribution in [0.25, 0.3) is 0 Å². The second kappa shape index (κ2) is 4.99. The summed E-state index contributed by atoms with van der Waals surface area (Å²) in [4.78, 5) is 26.9. The highest BCUT2D eigenvalue weighted by Crippen LogP contribution is 2.42. The number of nitrogens with one attached hydrogen (secondary N) is 2. The standard InChI is InChI=1S/C12H12F3N3O3/c1-6(19)8-9(7-3-2-4-16-5-7)17-10(20)18-11(8,21)12(13,14)15/h2-5,8-9,21H,1H3,(H2,17,18,20)/t8-,9+,11+/m0/s1. The molecule has 3 N–H and O–H groups in total. The topological polar surface area (TPSA) is 91.3 Å². The molecule has 2 rings (SSSR count). The molecule has 1 aromatic rings. The van der Waals surface area contributed by atoms with Crippen molar-refractivity contribution in [2.75, 3.05) is 0 Å². The third kappa shape index (κ3) is 2.56. The van der Waals surface area contributed by atoms with E-state index in [9.17, 15) is 27.9 Å². The predicted octanol–water partition coefficient (Wildman–Crippen LogP) is 0.892. The Kier molecular flexibility index (Phi) is 3.62. The molecule has 0 saturated carbocycles. The van der Waals surface area contributed by atoms with Gasteiger partial charge in [0.25, 0.3) is 0 Å². The van der Waals surface area contributed by atoms with Gasteiger partial charge >= 0.3 is 12.2 Å². The number of aliphatic hydroxyl groups is 1. The fraction of sp³-hybridized carbons (Fsp3) is 0.417. The van der Waals surface area contributed by atoms with Crippen LogP contribution in [0.5, 0.6) is 0 Å². The van der Waals surface area contributed by atoms with E-state index in [0.29, 0.717) is 0 Å². The Labute approximate surface area is 117 Å². The zero-order chi connectivity index (χ0) is 15.8. The molecule has 1 aromatic heterocycles. The van der Waals surface area contributed by atoms with Gasteiger partial charge in [0, 0.05) is 12.4 Å². The summed E-state index contributed by atoms with van der Waals surface area (Å²) in [5.74, 6) is -2.85. The van der Waals surface area contributed by atoms with Crippen LogP contribution < -0.4 is 10.6 Å². The summed E-state index contributed by atoms with van der Waals surface area (Å²) in [7, 11) is 0. The number of carbonyl (C=O) groups excluding carboxylic acids is 2. The lowest BCUT2D eigenvalue weighted by atomic mass is 9.80. The first kappa shape index (κ1) is 15.2. The van der Waals surface area contributed by atoms with Crippen molar-refractivity contribution in [1.82, 2.24) is 15.6 Å². The van der Waals surface area contributed by atoms with Crippen LogP contribution in [0.1, 0.15) is 18.5 Å². The van der Waals surface area contributed by atoms with Crippen LogP contribution in [0.3, 0.4) is 0 Å². The molecule has 21 heavy (non-hydrogen) atoms. The van der Waals surface area contributed by atoms with Crippen LogP contribution in [-0.2, 0) is 4.79 Å². The minimum atomic E-state index is -5.21. The number of alkyl halides is 3. The van der Waals surface area contributed by atoms with Crippen molar-refractivity contribution in [3.8, 4) is 0 Å². The van der Waals surface area contributed by atoms with Crippen LogP contribution in [0.4, 0.5) is 18.0 Å². The van der Waals surface area contributed by atoms with Gasteiger partial charge in [-0.1, -0.05) is 6.07 Å². The molecule has 0 spiro atoms. The first-order chi connectivity index (χ1) is 9.67. The Morgan fingerprint density at radius 2 is 2.14 bits per heavy atom. The van der Waals surface area contributed by atoms with Crippen molar-refractivity contribution in [1.29, 1.82) is 0 Å². The van der Waals surface area contributed by atoms with E-state index < -0.39 is 35.7 Å². The highest BCUT2D eigenvalue weighted by atomic mass is 19.4. The molecule has 114 valence electrons. The summed E-state index contributed by atoms with van der Waals surface area (Å²) in [6, 6.07) is 0.307. The van der Waals surface area contributed by atoms with E-state index in [4.69, 9.17) is 0 Å². The van der Waals surface area contributed by atoms with E-state index >= 15 is 0 Å². The van der Waals surface area contributed by atoms with E-state index in [-0.39, 0.29) is 5.56 Å². The Balaban J connectivity index is 2.54. The van der Waals surface area contributed by atoms with Crippen molar-refractivity contribution in [3.63, 3.8) is 0 Å². The summed E-state index contributed by atoms with van der Waals surface area (Å²) in [6.45, 7) is 0.921. The molecule has 0 unspecified atom stereocenters. The number of urea groups is 1. The molecule has 0 radical (unpaired) electrons. The molecular weight excluding hydrogens is 291 g/mol. The lowest BCUT2D eigenvalue weighted by Gasteiger charge is -2.44. The number of carbonyl (C=O) groups is 2. The smallest absolute Gasteiger partial charge is 0.363 e. The minimum Gasteiger partial charge on any atom is -0.363 e. The molecular formula is C12H12F3N3O3. The maximum atomic E-state index is 13.1. The molecule has 1 aliphatic rings. The lowest BCUT2D eigenvalue weighted by molar-refractivity contribution is -0.290. The zero-order valence-electron chi connectivity index (χ0n) is 10.8. The van der Waals surface area contributed by atoms with Gasteiger partial charge in [0.15, 0.2) is 0 Å². The van der Waals surface area contributed by atoms with Crippen molar-refractivity contribution < 1.29 is 27.9 Å². The van der Waals surface area contributed by atoms with Gasteiger partial charge in [-0.2, -0.15) is 13.2 Å². The molecule has 0 aliphatic carbocycles. The Bertz CT molecular complexity index is 564. The summed E-state index contributed by atoms with van der Waals surface area (Å²) < 4.78 is 39.4. The van der Waals surface area contributed by atoms with E-state index in [1.54, 1.807) is 0 Å². The van der Waals surface area contributed by atoms with Crippen molar-refractivity contribution in [2.24, 2.45) is 5.92 Å². The second-order valence-corrected chi connectivity index (χ2v) is 4.71. The largest absolute Gasteiger partial charge is 0.437 e. The number of ketones is 1. The number of pyridine rings is 1. The molecule has 1 aliphatic heterocycles. The molecule has 9 heteroatoms. The monoisotopic (exact) mass is 303 g/mol. The molecule has 0 aromatic carbocycles. The van der Waals surface area contributed by atoms with E-state index in [0.717, 1.165) is 6.92 Å². The Morgan fingerprint density at radius 3 is 2.62 bits per heavy atom. The van der Waals surface area contributed by atoms with Gasteiger partial charge in [-0.3, -0.25) is 9.78 Å². The molecule has 2 heterocycles. The van der Waals surface area contributed by atoms with Gasteiger partial charge in [0.05, 0.1) is 12.0 Å². The van der Waals surface area contributed by atoms with Gasteiger partial charge in [-0.25, -0.2) is 4.79 Å². The van der Waals surface area contributed by atoms with Crippen molar-refractivity contribution in [2.45, 2.75) is 24.9 Å². The number of halogens is 3. The fourth-order valence-electron chi connectivity index (χ4n) is 2.36. The fourth-order valence-corrected chi connectivity index (χ4v) is 2.36. The first-order valence-corrected chi connectivity index (χ1v) is 5.95. The number of amides is 2. The van der Waals surface area contributed by atoms with Crippen molar-refractivity contribution >= 4 is 11.8 Å². The number of nitrogens with zero attached hydrogens (tertiary/aromatic N) is 1. The third-order valence-electron chi connectivity index (χ3n) is 3.29. The third-order valence-corrected chi connectivity index (χ3v) is 3.29. The summed E-state index contributed by atoms with van der Waals surface area (Å²) in [5.41, 5.74) is -3.45. The zero-order valence-corrected chi connectivity index (χ0v) is 10.8. The normalized spacial score (nSPS) is 29.5. The van der Waals surface area contributed by atoms with Gasteiger partial charge in [0.2, 0.25) is 5.72 Å². The lowest BCUT2D eigenvalue weighted by Crippen LogP contribution is -2.72. The Morgan fingerprint density at radius 1 is 1.48 bits per heavy atom. The van der Waals surface area contributed by atoms with Crippen LogP contribution in [-0.4, -0.2) is 33.8 Å². The maximum absolute atomic E-state index is 13.1. The van der Waals surface area contributed by atoms with Gasteiger partial charge in [-0.05, 0) is 18.6 Å². The van der Waals surface area contributed by atoms with E-state index in [1.807, 2.05) is 0 Å².